The van der Waals surface area contributed by atoms with Crippen molar-refractivity contribution in [2.24, 2.45) is 0 Å². The highest BCUT2D eigenvalue weighted by atomic mass is 16.5. The first-order valence-corrected chi connectivity index (χ1v) is 6.72. The Hall–Kier alpha value is -2.79. The average Bonchev–Trinajstić information content (AvgIpc) is 2.52. The van der Waals surface area contributed by atoms with E-state index in [2.05, 4.69) is 11.8 Å². The van der Waals surface area contributed by atoms with Gasteiger partial charge in [-0.25, -0.2) is 0 Å². The summed E-state index contributed by atoms with van der Waals surface area (Å²) < 4.78 is 5.21. The third-order valence-corrected chi connectivity index (χ3v) is 2.75. The number of hydrogen-bond acceptors (Lipinski definition) is 2. The molecule has 0 N–H and O–H groups in total. The summed E-state index contributed by atoms with van der Waals surface area (Å²) >= 11 is 0. The van der Waals surface area contributed by atoms with Crippen molar-refractivity contribution in [1.29, 1.82) is 0 Å². The van der Waals surface area contributed by atoms with Crippen molar-refractivity contribution in [2.45, 2.75) is 13.3 Å². The second kappa shape index (κ2) is 7.72. The van der Waals surface area contributed by atoms with Crippen molar-refractivity contribution >= 4 is 11.7 Å². The van der Waals surface area contributed by atoms with E-state index in [1.165, 1.54) is 6.92 Å². The summed E-state index contributed by atoms with van der Waals surface area (Å²) in [4.78, 5) is 11.2. The maximum absolute atomic E-state index is 11.2. The molecule has 0 bridgehead atoms. The predicted octanol–water partition coefficient (Wildman–Crippen LogP) is 3.84. The van der Waals surface area contributed by atoms with Crippen molar-refractivity contribution < 1.29 is 9.53 Å². The zero-order valence-corrected chi connectivity index (χ0v) is 11.9. The molecule has 2 nitrogen and oxygen atoms in total. The van der Waals surface area contributed by atoms with Gasteiger partial charge >= 0.3 is 5.97 Å². The highest BCUT2D eigenvalue weighted by Gasteiger charge is 2.03. The molecule has 0 aliphatic heterocycles. The van der Waals surface area contributed by atoms with Crippen LogP contribution in [0.3, 0.4) is 0 Å². The lowest BCUT2D eigenvalue weighted by atomic mass is 10.1. The number of benzene rings is 2. The summed E-state index contributed by atoms with van der Waals surface area (Å²) in [5.41, 5.74) is 1.99. The molecule has 2 aromatic carbocycles. The van der Waals surface area contributed by atoms with Gasteiger partial charge in [-0.2, -0.15) is 0 Å². The molecule has 2 rings (SSSR count). The van der Waals surface area contributed by atoms with Crippen LogP contribution in [0.25, 0.3) is 5.76 Å². The van der Waals surface area contributed by atoms with E-state index in [1.807, 2.05) is 60.7 Å². The number of rotatable bonds is 3. The molecule has 2 aromatic rings. The van der Waals surface area contributed by atoms with Crippen LogP contribution in [0.4, 0.5) is 0 Å². The van der Waals surface area contributed by atoms with Crippen LogP contribution in [0.5, 0.6) is 0 Å². The Balaban J connectivity index is 2.12. The van der Waals surface area contributed by atoms with Crippen molar-refractivity contribution in [3.63, 3.8) is 0 Å². The fourth-order valence-corrected chi connectivity index (χ4v) is 1.79. The maximum atomic E-state index is 11.2. The predicted molar refractivity (Wildman–Crippen MR) is 84.1 cm³/mol. The Labute approximate surface area is 125 Å². The Morgan fingerprint density at radius 1 is 1.05 bits per heavy atom. The van der Waals surface area contributed by atoms with E-state index in [-0.39, 0.29) is 5.97 Å². The van der Waals surface area contributed by atoms with Crippen LogP contribution in [0.2, 0.25) is 0 Å². The number of ether oxygens (including phenoxy) is 1. The SMILES string of the molecule is CC(=O)O/C(=C\C#CCc1ccccc1)c1ccccc1. The molecule has 2 heteroatoms. The lowest BCUT2D eigenvalue weighted by Crippen LogP contribution is -1.98. The third-order valence-electron chi connectivity index (χ3n) is 2.75. The summed E-state index contributed by atoms with van der Waals surface area (Å²) in [5, 5.41) is 0. The molecule has 0 heterocycles. The van der Waals surface area contributed by atoms with Gasteiger partial charge in [-0.15, -0.1) is 0 Å². The highest BCUT2D eigenvalue weighted by molar-refractivity contribution is 5.77. The fraction of sp³-hybridized carbons (Fsp3) is 0.105. The molecule has 0 aliphatic carbocycles. The quantitative estimate of drug-likeness (QED) is 0.484. The Morgan fingerprint density at radius 3 is 2.29 bits per heavy atom. The molecular formula is C19H16O2. The van der Waals surface area contributed by atoms with Crippen LogP contribution in [0.15, 0.2) is 66.7 Å². The molecule has 0 amide bonds. The Kier molecular flexibility index (Phi) is 5.37. The molecule has 0 saturated carbocycles. The van der Waals surface area contributed by atoms with E-state index in [1.54, 1.807) is 6.08 Å². The summed E-state index contributed by atoms with van der Waals surface area (Å²) in [6, 6.07) is 19.5. The van der Waals surface area contributed by atoms with Crippen LogP contribution in [-0.2, 0) is 16.0 Å². The van der Waals surface area contributed by atoms with E-state index in [0.29, 0.717) is 12.2 Å². The van der Waals surface area contributed by atoms with E-state index in [9.17, 15) is 4.79 Å². The van der Waals surface area contributed by atoms with E-state index in [0.717, 1.165) is 11.1 Å². The summed E-state index contributed by atoms with van der Waals surface area (Å²) in [6.45, 7) is 1.38. The summed E-state index contributed by atoms with van der Waals surface area (Å²) in [6.07, 6.45) is 2.30. The van der Waals surface area contributed by atoms with E-state index >= 15 is 0 Å². The molecular weight excluding hydrogens is 260 g/mol. The standard InChI is InChI=1S/C19H16O2/c1-16(20)21-19(18-13-6-3-7-14-18)15-9-8-12-17-10-4-2-5-11-17/h2-7,10-11,13-15H,12H2,1H3/b19-15-. The van der Waals surface area contributed by atoms with Crippen molar-refractivity contribution in [2.75, 3.05) is 0 Å². The van der Waals surface area contributed by atoms with Gasteiger partial charge in [-0.3, -0.25) is 4.79 Å². The van der Waals surface area contributed by atoms with E-state index in [4.69, 9.17) is 4.74 Å². The molecule has 0 saturated heterocycles. The minimum atomic E-state index is -0.352. The normalized spacial score (nSPS) is 10.4. The second-order valence-electron chi connectivity index (χ2n) is 4.45. The minimum Gasteiger partial charge on any atom is -0.425 e. The van der Waals surface area contributed by atoms with Gasteiger partial charge in [0.1, 0.15) is 5.76 Å². The van der Waals surface area contributed by atoms with Crippen molar-refractivity contribution in [1.82, 2.24) is 0 Å². The monoisotopic (exact) mass is 276 g/mol. The minimum absolute atomic E-state index is 0.352. The molecule has 0 radical (unpaired) electrons. The van der Waals surface area contributed by atoms with Crippen LogP contribution in [-0.4, -0.2) is 5.97 Å². The van der Waals surface area contributed by atoms with Crippen LogP contribution in [0, 0.1) is 11.8 Å². The number of esters is 1. The summed E-state index contributed by atoms with van der Waals surface area (Å²) in [7, 11) is 0. The Bertz CT molecular complexity index is 674. The van der Waals surface area contributed by atoms with Gasteiger partial charge in [0.05, 0.1) is 0 Å². The lowest BCUT2D eigenvalue weighted by molar-refractivity contribution is -0.134. The molecule has 0 aliphatic rings. The molecule has 104 valence electrons. The zero-order valence-electron chi connectivity index (χ0n) is 11.9. The molecule has 21 heavy (non-hydrogen) atoms. The topological polar surface area (TPSA) is 26.3 Å². The number of allylic oxidation sites excluding steroid dienone is 1. The number of carbonyl (C=O) groups excluding carboxylic acids is 1. The highest BCUT2D eigenvalue weighted by Crippen LogP contribution is 2.15. The molecule has 0 atom stereocenters. The Morgan fingerprint density at radius 2 is 1.67 bits per heavy atom. The zero-order chi connectivity index (χ0) is 14.9. The molecule has 0 unspecified atom stereocenters. The van der Waals surface area contributed by atoms with Gasteiger partial charge < -0.3 is 4.74 Å². The van der Waals surface area contributed by atoms with Gasteiger partial charge in [0.25, 0.3) is 0 Å². The van der Waals surface area contributed by atoms with Crippen LogP contribution in [0.1, 0.15) is 18.1 Å². The van der Waals surface area contributed by atoms with Crippen molar-refractivity contribution in [3.8, 4) is 11.8 Å². The molecule has 0 spiro atoms. The van der Waals surface area contributed by atoms with Crippen molar-refractivity contribution in [3.05, 3.63) is 77.9 Å². The van der Waals surface area contributed by atoms with Gasteiger partial charge in [0.15, 0.2) is 0 Å². The average molecular weight is 276 g/mol. The first-order chi connectivity index (χ1) is 10.3. The van der Waals surface area contributed by atoms with E-state index < -0.39 is 0 Å². The van der Waals surface area contributed by atoms with Crippen LogP contribution >= 0.6 is 0 Å². The van der Waals surface area contributed by atoms with Gasteiger partial charge in [0, 0.05) is 25.0 Å². The van der Waals surface area contributed by atoms with Gasteiger partial charge in [-0.05, 0) is 5.56 Å². The third kappa shape index (κ3) is 5.00. The first-order valence-electron chi connectivity index (χ1n) is 6.72. The van der Waals surface area contributed by atoms with Crippen LogP contribution < -0.4 is 0 Å². The van der Waals surface area contributed by atoms with Gasteiger partial charge in [0.2, 0.25) is 0 Å². The molecule has 0 aromatic heterocycles. The lowest BCUT2D eigenvalue weighted by Gasteiger charge is -2.05. The second-order valence-corrected chi connectivity index (χ2v) is 4.45. The largest absolute Gasteiger partial charge is 0.425 e. The summed E-state index contributed by atoms with van der Waals surface area (Å²) in [5.74, 6) is 6.13. The molecule has 0 fully saturated rings. The smallest absolute Gasteiger partial charge is 0.308 e. The van der Waals surface area contributed by atoms with Gasteiger partial charge in [-0.1, -0.05) is 72.5 Å². The fourth-order valence-electron chi connectivity index (χ4n) is 1.79. The first kappa shape index (κ1) is 14.6. The number of carbonyl (C=O) groups is 1. The number of hydrogen-bond donors (Lipinski definition) is 0. The maximum Gasteiger partial charge on any atom is 0.308 e.